The predicted molar refractivity (Wildman–Crippen MR) is 76.1 cm³/mol. The summed E-state index contributed by atoms with van der Waals surface area (Å²) in [6, 6.07) is 5.35. The molecule has 0 amide bonds. The van der Waals surface area contributed by atoms with Crippen molar-refractivity contribution >= 4 is 11.6 Å². The van der Waals surface area contributed by atoms with E-state index in [1.807, 2.05) is 6.07 Å². The summed E-state index contributed by atoms with van der Waals surface area (Å²) in [5.74, 6) is 2.18. The second kappa shape index (κ2) is 5.81. The Bertz CT molecular complexity index is 594. The van der Waals surface area contributed by atoms with E-state index in [0.717, 1.165) is 37.3 Å². The maximum atomic E-state index is 5.96. The summed E-state index contributed by atoms with van der Waals surface area (Å²) >= 11 is 5.96. The van der Waals surface area contributed by atoms with Crippen LogP contribution in [-0.2, 0) is 0 Å². The van der Waals surface area contributed by atoms with E-state index in [9.17, 15) is 0 Å². The molecule has 6 heteroatoms. The Morgan fingerprint density at radius 3 is 3.10 bits per heavy atom. The fourth-order valence-electron chi connectivity index (χ4n) is 2.42. The molecule has 1 unspecified atom stereocenters. The van der Waals surface area contributed by atoms with Gasteiger partial charge in [0.1, 0.15) is 5.75 Å². The topological polar surface area (TPSA) is 60.2 Å². The van der Waals surface area contributed by atoms with Crippen molar-refractivity contribution in [3.63, 3.8) is 0 Å². The highest BCUT2D eigenvalue weighted by Gasteiger charge is 2.22. The van der Waals surface area contributed by atoms with E-state index < -0.39 is 0 Å². The Morgan fingerprint density at radius 2 is 2.35 bits per heavy atom. The van der Waals surface area contributed by atoms with Gasteiger partial charge in [0.05, 0.1) is 12.7 Å². The standard InChI is InChI=1S/C14H16ClN3O2/c1-19-12-7-10(15)4-5-11(12)14-17-13(18-20-14)9-3-2-6-16-8-9/h4-5,7,9,16H,2-3,6,8H2,1H3. The van der Waals surface area contributed by atoms with Gasteiger partial charge >= 0.3 is 0 Å². The van der Waals surface area contributed by atoms with Crippen LogP contribution in [0.1, 0.15) is 24.6 Å². The van der Waals surface area contributed by atoms with E-state index >= 15 is 0 Å². The number of hydrogen-bond acceptors (Lipinski definition) is 5. The molecule has 0 bridgehead atoms. The smallest absolute Gasteiger partial charge is 0.261 e. The van der Waals surface area contributed by atoms with Crippen molar-refractivity contribution in [2.75, 3.05) is 20.2 Å². The Balaban J connectivity index is 1.89. The van der Waals surface area contributed by atoms with Crippen LogP contribution >= 0.6 is 11.6 Å². The fraction of sp³-hybridized carbons (Fsp3) is 0.429. The zero-order valence-electron chi connectivity index (χ0n) is 11.2. The summed E-state index contributed by atoms with van der Waals surface area (Å²) in [6.45, 7) is 1.96. The van der Waals surface area contributed by atoms with Gasteiger partial charge in [0.15, 0.2) is 5.82 Å². The highest BCUT2D eigenvalue weighted by Crippen LogP contribution is 2.32. The summed E-state index contributed by atoms with van der Waals surface area (Å²) < 4.78 is 10.7. The van der Waals surface area contributed by atoms with Crippen molar-refractivity contribution in [2.45, 2.75) is 18.8 Å². The highest BCUT2D eigenvalue weighted by atomic mass is 35.5. The second-order valence-electron chi connectivity index (χ2n) is 4.85. The number of methoxy groups -OCH3 is 1. The molecule has 106 valence electrons. The average molecular weight is 294 g/mol. The molecule has 0 radical (unpaired) electrons. The van der Waals surface area contributed by atoms with E-state index in [0.29, 0.717) is 22.6 Å². The Kier molecular flexibility index (Phi) is 3.89. The average Bonchev–Trinajstić information content (AvgIpc) is 2.97. The Morgan fingerprint density at radius 1 is 1.45 bits per heavy atom. The van der Waals surface area contributed by atoms with Gasteiger partial charge in [-0.1, -0.05) is 16.8 Å². The van der Waals surface area contributed by atoms with Crippen molar-refractivity contribution in [3.8, 4) is 17.2 Å². The lowest BCUT2D eigenvalue weighted by Crippen LogP contribution is -2.28. The molecule has 0 aliphatic carbocycles. The molecule has 2 heterocycles. The van der Waals surface area contributed by atoms with Crippen molar-refractivity contribution in [1.29, 1.82) is 0 Å². The highest BCUT2D eigenvalue weighted by molar-refractivity contribution is 6.30. The molecule has 1 N–H and O–H groups in total. The van der Waals surface area contributed by atoms with Crippen LogP contribution in [0.3, 0.4) is 0 Å². The molecule has 1 fully saturated rings. The van der Waals surface area contributed by atoms with E-state index in [1.54, 1.807) is 19.2 Å². The minimum atomic E-state index is 0.319. The summed E-state index contributed by atoms with van der Waals surface area (Å²) in [7, 11) is 1.59. The molecule has 3 rings (SSSR count). The summed E-state index contributed by atoms with van der Waals surface area (Å²) in [6.07, 6.45) is 2.22. The van der Waals surface area contributed by atoms with Crippen LogP contribution in [0, 0.1) is 0 Å². The first-order valence-electron chi connectivity index (χ1n) is 6.66. The molecule has 0 saturated carbocycles. The zero-order valence-corrected chi connectivity index (χ0v) is 12.0. The van der Waals surface area contributed by atoms with Gasteiger partial charge in [-0.05, 0) is 37.6 Å². The van der Waals surface area contributed by atoms with Gasteiger partial charge in [0, 0.05) is 17.5 Å². The summed E-state index contributed by atoms with van der Waals surface area (Å²) in [5.41, 5.74) is 0.763. The summed E-state index contributed by atoms with van der Waals surface area (Å²) in [4.78, 5) is 4.50. The van der Waals surface area contributed by atoms with Crippen molar-refractivity contribution < 1.29 is 9.26 Å². The number of ether oxygens (including phenoxy) is 1. The van der Waals surface area contributed by atoms with Gasteiger partial charge in [0.2, 0.25) is 0 Å². The minimum absolute atomic E-state index is 0.319. The third-order valence-corrected chi connectivity index (χ3v) is 3.73. The lowest BCUT2D eigenvalue weighted by Gasteiger charge is -2.19. The molecule has 1 aliphatic heterocycles. The van der Waals surface area contributed by atoms with Crippen molar-refractivity contribution in [1.82, 2.24) is 15.5 Å². The van der Waals surface area contributed by atoms with Gasteiger partial charge in [-0.15, -0.1) is 0 Å². The first kappa shape index (κ1) is 13.4. The molecular formula is C14H16ClN3O2. The van der Waals surface area contributed by atoms with E-state index in [-0.39, 0.29) is 0 Å². The number of rotatable bonds is 3. The maximum absolute atomic E-state index is 5.96. The number of hydrogen-bond donors (Lipinski definition) is 1. The van der Waals surface area contributed by atoms with Gasteiger partial charge in [-0.3, -0.25) is 0 Å². The lowest BCUT2D eigenvalue weighted by atomic mass is 9.99. The largest absolute Gasteiger partial charge is 0.496 e. The monoisotopic (exact) mass is 293 g/mol. The van der Waals surface area contributed by atoms with Crippen LogP contribution in [-0.4, -0.2) is 30.3 Å². The molecule has 1 aliphatic rings. The summed E-state index contributed by atoms with van der Waals surface area (Å²) in [5, 5.41) is 8.06. The second-order valence-corrected chi connectivity index (χ2v) is 5.28. The SMILES string of the molecule is COc1cc(Cl)ccc1-c1nc(C2CCCNC2)no1. The van der Waals surface area contributed by atoms with Gasteiger partial charge in [-0.2, -0.15) is 4.98 Å². The van der Waals surface area contributed by atoms with Crippen LogP contribution in [0.15, 0.2) is 22.7 Å². The molecule has 0 spiro atoms. The molecule has 1 atom stereocenters. The van der Waals surface area contributed by atoms with Crippen LogP contribution in [0.5, 0.6) is 5.75 Å². The quantitative estimate of drug-likeness (QED) is 0.943. The molecule has 2 aromatic rings. The molecule has 1 aromatic heterocycles. The van der Waals surface area contributed by atoms with Crippen molar-refractivity contribution in [2.24, 2.45) is 0 Å². The third-order valence-electron chi connectivity index (χ3n) is 3.50. The lowest BCUT2D eigenvalue weighted by molar-refractivity contribution is 0.388. The van der Waals surface area contributed by atoms with E-state index in [2.05, 4.69) is 15.5 Å². The van der Waals surface area contributed by atoms with Gasteiger partial charge < -0.3 is 14.6 Å². The fourth-order valence-corrected chi connectivity index (χ4v) is 2.59. The molecule has 20 heavy (non-hydrogen) atoms. The number of halogens is 1. The third kappa shape index (κ3) is 2.64. The normalized spacial score (nSPS) is 19.0. The van der Waals surface area contributed by atoms with Crippen LogP contribution in [0.25, 0.3) is 11.5 Å². The minimum Gasteiger partial charge on any atom is -0.496 e. The van der Waals surface area contributed by atoms with Gasteiger partial charge in [-0.25, -0.2) is 0 Å². The molecule has 1 saturated heterocycles. The first-order chi connectivity index (χ1) is 9.78. The maximum Gasteiger partial charge on any atom is 0.261 e. The number of nitrogens with one attached hydrogen (secondary N) is 1. The van der Waals surface area contributed by atoms with Crippen LogP contribution < -0.4 is 10.1 Å². The Hall–Kier alpha value is -1.59. The Labute approximate surface area is 122 Å². The predicted octanol–water partition coefficient (Wildman–Crippen LogP) is 2.87. The first-order valence-corrected chi connectivity index (χ1v) is 7.04. The molecular weight excluding hydrogens is 278 g/mol. The molecule has 1 aromatic carbocycles. The number of benzene rings is 1. The number of piperidine rings is 1. The zero-order chi connectivity index (χ0) is 13.9. The van der Waals surface area contributed by atoms with Crippen LogP contribution in [0.2, 0.25) is 5.02 Å². The van der Waals surface area contributed by atoms with Crippen molar-refractivity contribution in [3.05, 3.63) is 29.0 Å². The van der Waals surface area contributed by atoms with Gasteiger partial charge in [0.25, 0.3) is 5.89 Å². The van der Waals surface area contributed by atoms with Crippen LogP contribution in [0.4, 0.5) is 0 Å². The van der Waals surface area contributed by atoms with E-state index in [4.69, 9.17) is 20.9 Å². The molecule has 5 nitrogen and oxygen atoms in total. The number of nitrogens with zero attached hydrogens (tertiary/aromatic N) is 2. The van der Waals surface area contributed by atoms with E-state index in [1.165, 1.54) is 0 Å². The number of aromatic nitrogens is 2.